The highest BCUT2D eigenvalue weighted by Crippen LogP contribution is 2.35. The third kappa shape index (κ3) is 22.6. The summed E-state index contributed by atoms with van der Waals surface area (Å²) in [5.74, 6) is -5.19. The molecule has 470 valence electrons. The van der Waals surface area contributed by atoms with Gasteiger partial charge in [-0.1, -0.05) is 72.8 Å². The first kappa shape index (κ1) is 59.2. The molecule has 0 aliphatic carbocycles. The monoisotopic (exact) mass is 1180 g/mol. The van der Waals surface area contributed by atoms with Crippen molar-refractivity contribution in [2.45, 2.75) is 216 Å². The Kier molecular flexibility index (Phi) is 19.3. The summed E-state index contributed by atoms with van der Waals surface area (Å²) in [6, 6.07) is 18.7. The highest BCUT2D eigenvalue weighted by molar-refractivity contribution is 5.76. The van der Waals surface area contributed by atoms with Gasteiger partial charge in [0.1, 0.15) is 33.6 Å². The highest BCUT2D eigenvalue weighted by Gasteiger charge is 2.42. The van der Waals surface area contributed by atoms with E-state index in [4.69, 9.17) is 28.4 Å². The second-order valence-electron chi connectivity index (χ2n) is 29.2. The van der Waals surface area contributed by atoms with Crippen LogP contribution < -0.4 is 0 Å². The summed E-state index contributed by atoms with van der Waals surface area (Å²) in [5.41, 5.74) is -3.93. The van der Waals surface area contributed by atoms with Crippen LogP contribution in [0, 0.1) is 35.5 Å². The fourth-order valence-electron chi connectivity index (χ4n) is 10.8. The zero-order chi connectivity index (χ0) is 68.4. The Morgan fingerprint density at radius 1 is 0.400 bits per heavy atom. The van der Waals surface area contributed by atoms with Crippen LogP contribution in [0.2, 0.25) is 0 Å². The van der Waals surface area contributed by atoms with E-state index in [0.717, 1.165) is 0 Å². The molecule has 3 fully saturated rings. The van der Waals surface area contributed by atoms with Gasteiger partial charge in [0, 0.05) is 67.0 Å². The Morgan fingerprint density at radius 2 is 0.624 bits per heavy atom. The number of amides is 3. The van der Waals surface area contributed by atoms with Crippen molar-refractivity contribution in [1.29, 1.82) is 0 Å². The molecule has 16 nitrogen and oxygen atoms in total. The molecule has 3 aliphatic heterocycles. The number of benzene rings is 3. The largest absolute Gasteiger partial charge is 0.460 e. The predicted octanol–water partition coefficient (Wildman–Crippen LogP) is 13.2. The molecule has 0 N–H and O–H groups in total. The van der Waals surface area contributed by atoms with Crippen LogP contribution in [0.3, 0.4) is 0 Å². The fourth-order valence-corrected chi connectivity index (χ4v) is 10.8. The van der Waals surface area contributed by atoms with E-state index in [1.807, 2.05) is 0 Å². The summed E-state index contributed by atoms with van der Waals surface area (Å²) in [6.07, 6.45) is -0.116. The summed E-state index contributed by atoms with van der Waals surface area (Å²) in [4.78, 5) is 88.0. The van der Waals surface area contributed by atoms with E-state index in [1.54, 1.807) is 176 Å². The average molecular weight is 1190 g/mol. The molecular weight excluding hydrogens is 1080 g/mol. The second kappa shape index (κ2) is 27.7. The van der Waals surface area contributed by atoms with Crippen molar-refractivity contribution in [3.8, 4) is 0 Å². The standard InChI is InChI=1S/C69H102N4O12/c1-64(2,3)80-58(74)55(52-28-31-71(43-52)61(77)83-67(10,11)12)37-46-22-19-25-49(34-46)40-70(41-50-26-20-23-47(35-50)38-56(59(75)81-65(4,5)6)53-29-32-72(44-53)62(78)84-68(13,14)15)42-51-27-21-24-48(36-51)39-57(60(76)82-66(7,8)9)54-30-33-73(45-54)63(79)85-69(16,17)18/h19-27,34-36,52-57H,28-33,37-45H2,1-18H3/t52-,53-,54?,55-,56-,57-/m0/s1/i40D2,41D2,42D2. The van der Waals surface area contributed by atoms with Gasteiger partial charge in [-0.2, -0.15) is 0 Å². The number of carbonyl (C=O) groups excluding carboxylic acids is 6. The summed E-state index contributed by atoms with van der Waals surface area (Å²) < 4.78 is 96.4. The van der Waals surface area contributed by atoms with Gasteiger partial charge in [0.2, 0.25) is 0 Å². The van der Waals surface area contributed by atoms with Crippen molar-refractivity contribution in [1.82, 2.24) is 19.6 Å². The molecule has 3 aromatic carbocycles. The van der Waals surface area contributed by atoms with Gasteiger partial charge in [0.05, 0.1) is 17.8 Å². The maximum absolute atomic E-state index is 14.3. The van der Waals surface area contributed by atoms with Crippen LogP contribution in [-0.4, -0.2) is 129 Å². The molecule has 0 saturated carbocycles. The van der Waals surface area contributed by atoms with Gasteiger partial charge < -0.3 is 43.1 Å². The zero-order valence-corrected chi connectivity index (χ0v) is 54.1. The molecule has 3 aromatic rings. The van der Waals surface area contributed by atoms with Crippen LogP contribution in [0.1, 0.15) is 185 Å². The molecule has 6 rings (SSSR count). The molecular formula is C69H102N4O12. The average Bonchev–Trinajstić information content (AvgIpc) is 1.34. The molecule has 0 bridgehead atoms. The van der Waals surface area contributed by atoms with Gasteiger partial charge >= 0.3 is 36.2 Å². The van der Waals surface area contributed by atoms with E-state index in [0.29, 0.717) is 60.5 Å². The molecule has 6 atom stereocenters. The van der Waals surface area contributed by atoms with Crippen LogP contribution in [0.15, 0.2) is 72.8 Å². The summed E-state index contributed by atoms with van der Waals surface area (Å²) in [6.45, 7) is 24.3. The van der Waals surface area contributed by atoms with Crippen molar-refractivity contribution in [2.24, 2.45) is 35.5 Å². The third-order valence-corrected chi connectivity index (χ3v) is 14.3. The first-order valence-electron chi connectivity index (χ1n) is 33.2. The van der Waals surface area contributed by atoms with Gasteiger partial charge in [-0.3, -0.25) is 19.3 Å². The van der Waals surface area contributed by atoms with Crippen molar-refractivity contribution in [3.05, 3.63) is 106 Å². The van der Waals surface area contributed by atoms with Gasteiger partial charge in [0.15, 0.2) is 0 Å². The smallest absolute Gasteiger partial charge is 0.410 e. The number of hydrogen-bond donors (Lipinski definition) is 0. The molecule has 0 spiro atoms. The van der Waals surface area contributed by atoms with Crippen LogP contribution in [0.4, 0.5) is 14.4 Å². The maximum Gasteiger partial charge on any atom is 0.410 e. The van der Waals surface area contributed by atoms with Crippen LogP contribution in [0.5, 0.6) is 0 Å². The van der Waals surface area contributed by atoms with Gasteiger partial charge in [-0.15, -0.1) is 0 Å². The Bertz CT molecular complexity index is 2760. The Balaban J connectivity index is 1.46. The van der Waals surface area contributed by atoms with Gasteiger partial charge in [-0.05, 0) is 214 Å². The van der Waals surface area contributed by atoms with Crippen LogP contribution in [0.25, 0.3) is 0 Å². The summed E-state index contributed by atoms with van der Waals surface area (Å²) in [7, 11) is 0. The quantitative estimate of drug-likeness (QED) is 0.0871. The summed E-state index contributed by atoms with van der Waals surface area (Å²) >= 11 is 0. The lowest BCUT2D eigenvalue weighted by atomic mass is 9.85. The Morgan fingerprint density at radius 3 is 0.847 bits per heavy atom. The molecule has 16 heteroatoms. The zero-order valence-electron chi connectivity index (χ0n) is 60.1. The van der Waals surface area contributed by atoms with E-state index in [9.17, 15) is 37.0 Å². The molecule has 0 aromatic heterocycles. The number of nitrogens with zero attached hydrogens (tertiary/aromatic N) is 4. The van der Waals surface area contributed by atoms with Crippen molar-refractivity contribution in [2.75, 3.05) is 39.3 Å². The van der Waals surface area contributed by atoms with E-state index in [2.05, 4.69) is 0 Å². The van der Waals surface area contributed by atoms with Gasteiger partial charge in [-0.25, -0.2) is 14.4 Å². The van der Waals surface area contributed by atoms with Crippen LogP contribution >= 0.6 is 0 Å². The minimum atomic E-state index is -3.03. The number of likely N-dealkylation sites (tertiary alicyclic amines) is 3. The maximum atomic E-state index is 14.3. The van der Waals surface area contributed by atoms with Crippen LogP contribution in [-0.2, 0) is 81.6 Å². The van der Waals surface area contributed by atoms with E-state index in [-0.39, 0.29) is 73.3 Å². The lowest BCUT2D eigenvalue weighted by Gasteiger charge is -2.29. The Hall–Kier alpha value is -6.16. The second-order valence-corrected chi connectivity index (χ2v) is 29.2. The van der Waals surface area contributed by atoms with Crippen molar-refractivity contribution in [3.63, 3.8) is 0 Å². The Labute approximate surface area is 516 Å². The number of ether oxygens (including phenoxy) is 6. The van der Waals surface area contributed by atoms with Crippen molar-refractivity contribution >= 4 is 36.2 Å². The first-order chi connectivity index (χ1) is 41.5. The highest BCUT2D eigenvalue weighted by atomic mass is 16.6. The topological polar surface area (TPSA) is 171 Å². The fraction of sp³-hybridized carbons (Fsp3) is 0.652. The number of rotatable bonds is 18. The molecule has 85 heavy (non-hydrogen) atoms. The van der Waals surface area contributed by atoms with Crippen molar-refractivity contribution < 1.29 is 65.4 Å². The molecule has 3 aliphatic rings. The SMILES string of the molecule is [2H]C([2H])(c1cccc(C[C@H](C(=O)OC(C)(C)C)C2CCN(C(=O)OC(C)(C)C)C2)c1)N(C([2H])([2H])c1cccc(C[C@H](C(=O)OC(C)(C)C)[C@H]2CCN(C(=O)OC(C)(C)C)C2)c1)C([2H])([2H])c1cccc(C[C@H](C(=O)OC(C)(C)C)[C@H]2CCN(C(=O)OC(C)(C)C)C2)c1. The molecule has 3 saturated heterocycles. The molecule has 0 radical (unpaired) electrons. The lowest BCUT2D eigenvalue weighted by Crippen LogP contribution is -2.38. The molecule has 3 amide bonds. The van der Waals surface area contributed by atoms with E-state index in [1.165, 1.54) is 36.4 Å². The first-order valence-corrected chi connectivity index (χ1v) is 30.2. The van der Waals surface area contributed by atoms with E-state index < -0.39 is 107 Å². The minimum absolute atomic E-state index is 0.0280. The number of carbonyl (C=O) groups is 6. The minimum Gasteiger partial charge on any atom is -0.460 e. The molecule has 1 unspecified atom stereocenters. The normalized spacial score (nSPS) is 20.6. The number of esters is 3. The van der Waals surface area contributed by atoms with Gasteiger partial charge in [0.25, 0.3) is 0 Å². The lowest BCUT2D eigenvalue weighted by molar-refractivity contribution is -0.163. The molecule has 3 heterocycles. The van der Waals surface area contributed by atoms with E-state index >= 15 is 0 Å². The number of hydrogen-bond acceptors (Lipinski definition) is 13. The predicted molar refractivity (Wildman–Crippen MR) is 329 cm³/mol. The summed E-state index contributed by atoms with van der Waals surface area (Å²) in [5, 5.41) is 0. The third-order valence-electron chi connectivity index (χ3n) is 14.3.